The predicted molar refractivity (Wildman–Crippen MR) is 122 cm³/mol. The molecule has 3 heterocycles. The molecule has 6 N–H and O–H groups in total. The summed E-state index contributed by atoms with van der Waals surface area (Å²) in [5, 5.41) is 61.9. The van der Waals surface area contributed by atoms with E-state index in [1.807, 2.05) is 0 Å². The highest BCUT2D eigenvalue weighted by atomic mass is 16.7. The highest BCUT2D eigenvalue weighted by molar-refractivity contribution is 6.06. The fourth-order valence-corrected chi connectivity index (χ4v) is 4.16. The smallest absolute Gasteiger partial charge is 0.336 e. The first kappa shape index (κ1) is 23.8. The van der Waals surface area contributed by atoms with Gasteiger partial charge in [0.05, 0.1) is 17.7 Å². The van der Waals surface area contributed by atoms with Crippen molar-refractivity contribution in [2.24, 2.45) is 0 Å². The lowest BCUT2D eigenvalue weighted by Gasteiger charge is -2.39. The number of rotatable bonds is 4. The largest absolute Gasteiger partial charge is 0.504 e. The van der Waals surface area contributed by atoms with E-state index in [1.165, 1.54) is 24.3 Å². The second kappa shape index (κ2) is 8.93. The first-order valence-electron chi connectivity index (χ1n) is 10.7. The third kappa shape index (κ3) is 3.86. The molecular weight excluding hydrogens is 480 g/mol. The van der Waals surface area contributed by atoms with Crippen LogP contribution in [0.15, 0.2) is 60.9 Å². The third-order valence-electron chi connectivity index (χ3n) is 5.96. The standard InChI is InChI=1S/C24H20O12/c25-8-13-19(30)20(31)21(32)24(34-13)33-12-4-1-9-2-5-14(27)35-22(9)16(12)17-18(29)11(26)7-10-3-6-15(28)36-23(10)17/h1-7,13,19-21,24-26,29-32H,8H2/t13-,19-,20+,21-,24-/m1/s1. The summed E-state index contributed by atoms with van der Waals surface area (Å²) in [6.07, 6.45) is -8.06. The fraction of sp³-hybridized carbons (Fsp3) is 0.250. The van der Waals surface area contributed by atoms with Gasteiger partial charge in [-0.25, -0.2) is 9.59 Å². The molecule has 5 rings (SSSR count). The molecule has 12 nitrogen and oxygen atoms in total. The molecule has 4 aromatic rings. The molecule has 0 aliphatic carbocycles. The first-order chi connectivity index (χ1) is 17.2. The van der Waals surface area contributed by atoms with Crippen LogP contribution in [0.3, 0.4) is 0 Å². The van der Waals surface area contributed by atoms with Crippen molar-refractivity contribution in [1.29, 1.82) is 0 Å². The maximum absolute atomic E-state index is 12.1. The number of ether oxygens (including phenoxy) is 2. The van der Waals surface area contributed by atoms with Crippen molar-refractivity contribution in [3.63, 3.8) is 0 Å². The molecule has 5 atom stereocenters. The number of hydrogen-bond acceptors (Lipinski definition) is 12. The molecule has 1 aliphatic rings. The second-order valence-corrected chi connectivity index (χ2v) is 8.22. The Bertz CT molecular complexity index is 1570. The highest BCUT2D eigenvalue weighted by Gasteiger charge is 2.45. The van der Waals surface area contributed by atoms with Gasteiger partial charge in [-0.05, 0) is 30.3 Å². The lowest BCUT2D eigenvalue weighted by atomic mass is 9.97. The Kier molecular flexibility index (Phi) is 5.90. The molecule has 0 saturated carbocycles. The quantitative estimate of drug-likeness (QED) is 0.164. The summed E-state index contributed by atoms with van der Waals surface area (Å²) in [4.78, 5) is 24.1. The van der Waals surface area contributed by atoms with Gasteiger partial charge in [0.2, 0.25) is 6.29 Å². The molecule has 2 aromatic carbocycles. The van der Waals surface area contributed by atoms with Gasteiger partial charge in [0, 0.05) is 22.9 Å². The average Bonchev–Trinajstić information content (AvgIpc) is 2.86. The van der Waals surface area contributed by atoms with E-state index in [1.54, 1.807) is 0 Å². The van der Waals surface area contributed by atoms with Gasteiger partial charge in [-0.1, -0.05) is 0 Å². The number of aliphatic hydroxyl groups is 4. The zero-order valence-electron chi connectivity index (χ0n) is 18.3. The molecule has 1 fully saturated rings. The molecule has 0 bridgehead atoms. The summed E-state index contributed by atoms with van der Waals surface area (Å²) in [5.41, 5.74) is -2.24. The summed E-state index contributed by atoms with van der Waals surface area (Å²) < 4.78 is 21.9. The summed E-state index contributed by atoms with van der Waals surface area (Å²) >= 11 is 0. The first-order valence-corrected chi connectivity index (χ1v) is 10.7. The zero-order chi connectivity index (χ0) is 25.7. The molecule has 0 amide bonds. The number of hydrogen-bond donors (Lipinski definition) is 6. The predicted octanol–water partition coefficient (Wildman–Crippen LogP) is 0.156. The van der Waals surface area contributed by atoms with E-state index in [0.717, 1.165) is 18.2 Å². The van der Waals surface area contributed by atoms with Crippen LogP contribution in [0.2, 0.25) is 0 Å². The van der Waals surface area contributed by atoms with Crippen LogP contribution in [-0.2, 0) is 4.74 Å². The van der Waals surface area contributed by atoms with E-state index in [4.69, 9.17) is 18.3 Å². The van der Waals surface area contributed by atoms with Crippen LogP contribution < -0.4 is 16.0 Å². The number of phenols is 2. The molecular formula is C24H20O12. The van der Waals surface area contributed by atoms with Crippen LogP contribution in [0.25, 0.3) is 33.1 Å². The fourth-order valence-electron chi connectivity index (χ4n) is 4.16. The molecule has 12 heteroatoms. The number of fused-ring (bicyclic) bond motifs is 2. The van der Waals surface area contributed by atoms with Gasteiger partial charge in [-0.2, -0.15) is 0 Å². The topological polar surface area (TPSA) is 200 Å². The molecule has 0 unspecified atom stereocenters. The SMILES string of the molecule is O=c1ccc2ccc(O[C@@H]3O[C@H](CO)[C@@H](O)[C@H](O)[C@H]3O)c(-c3c(O)c(O)cc4ccc(=O)oc34)c2o1. The number of aromatic hydroxyl groups is 2. The Morgan fingerprint density at radius 3 is 2.06 bits per heavy atom. The molecule has 2 aromatic heterocycles. The Hall–Kier alpha value is -3.94. The van der Waals surface area contributed by atoms with Gasteiger partial charge in [0.1, 0.15) is 35.7 Å². The lowest BCUT2D eigenvalue weighted by molar-refractivity contribution is -0.277. The van der Waals surface area contributed by atoms with Crippen molar-refractivity contribution in [1.82, 2.24) is 0 Å². The van der Waals surface area contributed by atoms with Gasteiger partial charge < -0.3 is 48.9 Å². The zero-order valence-corrected chi connectivity index (χ0v) is 18.3. The van der Waals surface area contributed by atoms with E-state index in [-0.39, 0.29) is 33.4 Å². The van der Waals surface area contributed by atoms with Crippen molar-refractivity contribution in [2.45, 2.75) is 30.7 Å². The van der Waals surface area contributed by atoms with Crippen molar-refractivity contribution < 1.29 is 48.9 Å². The van der Waals surface area contributed by atoms with Gasteiger partial charge in [0.15, 0.2) is 17.1 Å². The minimum atomic E-state index is -1.78. The Morgan fingerprint density at radius 1 is 0.778 bits per heavy atom. The van der Waals surface area contributed by atoms with Crippen LogP contribution in [0.4, 0.5) is 0 Å². The van der Waals surface area contributed by atoms with Crippen LogP contribution in [0.5, 0.6) is 17.2 Å². The monoisotopic (exact) mass is 500 g/mol. The molecule has 188 valence electrons. The summed E-state index contributed by atoms with van der Waals surface area (Å²) in [5.74, 6) is -1.50. The Balaban J connectivity index is 1.79. The van der Waals surface area contributed by atoms with E-state index < -0.39 is 60.1 Å². The van der Waals surface area contributed by atoms with E-state index >= 15 is 0 Å². The van der Waals surface area contributed by atoms with Crippen molar-refractivity contribution in [3.8, 4) is 28.4 Å². The van der Waals surface area contributed by atoms with Crippen molar-refractivity contribution in [2.75, 3.05) is 6.61 Å². The third-order valence-corrected chi connectivity index (χ3v) is 5.96. The summed E-state index contributed by atoms with van der Waals surface area (Å²) in [7, 11) is 0. The minimum absolute atomic E-state index is 0.127. The second-order valence-electron chi connectivity index (χ2n) is 8.22. The van der Waals surface area contributed by atoms with Gasteiger partial charge >= 0.3 is 11.3 Å². The summed E-state index contributed by atoms with van der Waals surface area (Å²) in [6.45, 7) is -0.701. The van der Waals surface area contributed by atoms with Crippen LogP contribution in [-0.4, -0.2) is 68.0 Å². The van der Waals surface area contributed by atoms with Gasteiger partial charge in [0.25, 0.3) is 0 Å². The van der Waals surface area contributed by atoms with E-state index in [2.05, 4.69) is 0 Å². The van der Waals surface area contributed by atoms with Crippen molar-refractivity contribution >= 4 is 21.9 Å². The minimum Gasteiger partial charge on any atom is -0.504 e. The maximum Gasteiger partial charge on any atom is 0.336 e. The molecule has 0 spiro atoms. The van der Waals surface area contributed by atoms with Gasteiger partial charge in [-0.3, -0.25) is 0 Å². The van der Waals surface area contributed by atoms with Crippen LogP contribution in [0, 0.1) is 0 Å². The normalized spacial score (nSPS) is 24.3. The van der Waals surface area contributed by atoms with Crippen molar-refractivity contribution in [3.05, 3.63) is 63.3 Å². The number of aliphatic hydroxyl groups excluding tert-OH is 4. The Labute approximate surface area is 200 Å². The lowest BCUT2D eigenvalue weighted by Crippen LogP contribution is -2.60. The maximum atomic E-state index is 12.1. The molecule has 1 saturated heterocycles. The van der Waals surface area contributed by atoms with E-state index in [0.29, 0.717) is 5.39 Å². The van der Waals surface area contributed by atoms with Crippen LogP contribution >= 0.6 is 0 Å². The summed E-state index contributed by atoms with van der Waals surface area (Å²) in [6, 6.07) is 9.07. The average molecular weight is 500 g/mol. The van der Waals surface area contributed by atoms with Gasteiger partial charge in [-0.15, -0.1) is 0 Å². The Morgan fingerprint density at radius 2 is 1.39 bits per heavy atom. The number of benzene rings is 2. The molecule has 0 radical (unpaired) electrons. The van der Waals surface area contributed by atoms with Crippen LogP contribution in [0.1, 0.15) is 0 Å². The molecule has 1 aliphatic heterocycles. The highest BCUT2D eigenvalue weighted by Crippen LogP contribution is 2.48. The van der Waals surface area contributed by atoms with E-state index in [9.17, 15) is 40.2 Å². The molecule has 36 heavy (non-hydrogen) atoms. The number of phenolic OH excluding ortho intramolecular Hbond substituents is 2.